The number of hydrogen-bond acceptors (Lipinski definition) is 10. The summed E-state index contributed by atoms with van der Waals surface area (Å²) in [6.07, 6.45) is -4.02. The predicted molar refractivity (Wildman–Crippen MR) is 75.7 cm³/mol. The van der Waals surface area contributed by atoms with E-state index in [2.05, 4.69) is 10.9 Å². The van der Waals surface area contributed by atoms with E-state index in [0.29, 0.717) is 0 Å². The van der Waals surface area contributed by atoms with Gasteiger partial charge in [-0.25, -0.2) is 0 Å². The predicted octanol–water partition coefficient (Wildman–Crippen LogP) is -2.25. The van der Waals surface area contributed by atoms with Crippen molar-refractivity contribution in [3.05, 3.63) is 12.7 Å². The van der Waals surface area contributed by atoms with Crippen LogP contribution in [0, 0.1) is 0 Å². The molecule has 1 fully saturated rings. The Morgan fingerprint density at radius 2 is 1.95 bits per heavy atom. The van der Waals surface area contributed by atoms with Gasteiger partial charge in [0.1, 0.15) is 29.9 Å². The highest BCUT2D eigenvalue weighted by molar-refractivity contribution is 8.00. The number of aliphatic hydroxyl groups is 4. The third kappa shape index (κ3) is 5.73. The van der Waals surface area contributed by atoms with Crippen LogP contribution in [-0.2, 0) is 19.4 Å². The number of ether oxygens (including phenoxy) is 1. The van der Waals surface area contributed by atoms with Crippen molar-refractivity contribution in [1.82, 2.24) is 5.48 Å². The van der Waals surface area contributed by atoms with E-state index in [1.54, 1.807) is 0 Å². The van der Waals surface area contributed by atoms with Crippen LogP contribution in [0.2, 0.25) is 0 Å². The molecule has 0 spiro atoms. The highest BCUT2D eigenvalue weighted by atomic mass is 32.3. The molecule has 1 unspecified atom stereocenters. The normalized spacial score (nSPS) is 34.3. The molecular formula is C10H19NO9S2. The van der Waals surface area contributed by atoms with Gasteiger partial charge in [-0.15, -0.1) is 18.3 Å². The lowest BCUT2D eigenvalue weighted by Crippen LogP contribution is -2.58. The van der Waals surface area contributed by atoms with Crippen molar-refractivity contribution in [2.24, 2.45) is 0 Å². The largest absolute Gasteiger partial charge is 0.413 e. The van der Waals surface area contributed by atoms with Gasteiger partial charge in [0.25, 0.3) is 0 Å². The molecule has 12 heteroatoms. The van der Waals surface area contributed by atoms with E-state index in [4.69, 9.17) is 14.4 Å². The second kappa shape index (κ2) is 8.54. The summed E-state index contributed by atoms with van der Waals surface area (Å²) in [6, 6.07) is 0. The third-order valence-corrected chi connectivity index (χ3v) is 4.39. The van der Waals surface area contributed by atoms with Crippen molar-refractivity contribution in [2.45, 2.75) is 41.6 Å². The standard InChI is InChI=1S/C10H19NO9S2/c1-2-3-6(11-20-22(16,17)18)21-10-9(15)8(14)7(13)5(4-12)19-10/h2,5-15H,1,3-4H2,(H,16,17,18)/t5-,6?,7-,8+,9-,10+/m1/s1. The number of rotatable bonds is 8. The lowest BCUT2D eigenvalue weighted by atomic mass is 10.0. The molecule has 130 valence electrons. The Balaban J connectivity index is 2.72. The zero-order valence-electron chi connectivity index (χ0n) is 11.3. The molecule has 1 rings (SSSR count). The minimum absolute atomic E-state index is 0.162. The number of hydroxylamine groups is 1. The van der Waals surface area contributed by atoms with Gasteiger partial charge in [-0.05, 0) is 6.42 Å². The van der Waals surface area contributed by atoms with Gasteiger partial charge in [0.15, 0.2) is 0 Å². The monoisotopic (exact) mass is 361 g/mol. The Morgan fingerprint density at radius 1 is 1.32 bits per heavy atom. The Kier molecular flexibility index (Phi) is 7.67. The highest BCUT2D eigenvalue weighted by Gasteiger charge is 2.44. The van der Waals surface area contributed by atoms with Crippen molar-refractivity contribution in [3.8, 4) is 0 Å². The fourth-order valence-corrected chi connectivity index (χ4v) is 3.24. The van der Waals surface area contributed by atoms with E-state index in [1.165, 1.54) is 6.08 Å². The van der Waals surface area contributed by atoms with Crippen molar-refractivity contribution < 1.29 is 42.4 Å². The maximum absolute atomic E-state index is 10.5. The Morgan fingerprint density at radius 3 is 2.45 bits per heavy atom. The Labute approximate surface area is 131 Å². The second-order valence-electron chi connectivity index (χ2n) is 4.48. The van der Waals surface area contributed by atoms with Gasteiger partial charge < -0.3 is 25.2 Å². The summed E-state index contributed by atoms with van der Waals surface area (Å²) >= 11 is 0.827. The SMILES string of the molecule is C=CCC(NOS(=O)(=O)O)S[C@@H]1O[C@H](CO)[C@@H](O)[C@H](O)[C@H]1O. The first kappa shape index (κ1) is 19.8. The van der Waals surface area contributed by atoms with Crippen LogP contribution in [0.1, 0.15) is 6.42 Å². The Hall–Kier alpha value is -0.280. The smallest absolute Gasteiger partial charge is 0.394 e. The van der Waals surface area contributed by atoms with Gasteiger partial charge in [-0.2, -0.15) is 18.2 Å². The molecule has 1 aliphatic heterocycles. The lowest BCUT2D eigenvalue weighted by Gasteiger charge is -2.40. The van der Waals surface area contributed by atoms with Crippen molar-refractivity contribution >= 4 is 22.2 Å². The van der Waals surface area contributed by atoms with Gasteiger partial charge in [0, 0.05) is 0 Å². The first-order valence-electron chi connectivity index (χ1n) is 6.18. The molecule has 1 aliphatic rings. The number of hydrogen-bond donors (Lipinski definition) is 6. The van der Waals surface area contributed by atoms with Gasteiger partial charge >= 0.3 is 10.4 Å². The van der Waals surface area contributed by atoms with Crippen LogP contribution in [0.25, 0.3) is 0 Å². The molecule has 1 heterocycles. The zero-order chi connectivity index (χ0) is 16.9. The topological polar surface area (TPSA) is 166 Å². The third-order valence-electron chi connectivity index (χ3n) is 2.81. The average molecular weight is 361 g/mol. The molecular weight excluding hydrogens is 342 g/mol. The first-order chi connectivity index (χ1) is 10.2. The number of thioether (sulfide) groups is 1. The number of nitrogens with one attached hydrogen (secondary N) is 1. The summed E-state index contributed by atoms with van der Waals surface area (Å²) in [7, 11) is -4.72. The number of aliphatic hydroxyl groups excluding tert-OH is 4. The summed E-state index contributed by atoms with van der Waals surface area (Å²) in [4.78, 5) is 0. The van der Waals surface area contributed by atoms with Crippen LogP contribution >= 0.6 is 11.8 Å². The van der Waals surface area contributed by atoms with Crippen LogP contribution in [0.3, 0.4) is 0 Å². The zero-order valence-corrected chi connectivity index (χ0v) is 13.0. The van der Waals surface area contributed by atoms with Crippen LogP contribution in [0.5, 0.6) is 0 Å². The molecule has 0 bridgehead atoms. The van der Waals surface area contributed by atoms with E-state index in [9.17, 15) is 23.7 Å². The molecule has 0 saturated carbocycles. The van der Waals surface area contributed by atoms with E-state index in [1.807, 2.05) is 5.48 Å². The van der Waals surface area contributed by atoms with Crippen LogP contribution in [0.15, 0.2) is 12.7 Å². The maximum atomic E-state index is 10.5. The van der Waals surface area contributed by atoms with E-state index < -0.39 is 52.2 Å². The maximum Gasteiger partial charge on any atom is 0.413 e. The van der Waals surface area contributed by atoms with E-state index in [0.717, 1.165) is 11.8 Å². The fourth-order valence-electron chi connectivity index (χ4n) is 1.74. The highest BCUT2D eigenvalue weighted by Crippen LogP contribution is 2.31. The van der Waals surface area contributed by atoms with Crippen LogP contribution in [0.4, 0.5) is 0 Å². The summed E-state index contributed by atoms with van der Waals surface area (Å²) in [5.74, 6) is 0. The molecule has 22 heavy (non-hydrogen) atoms. The summed E-state index contributed by atoms with van der Waals surface area (Å²) < 4.78 is 38.9. The second-order valence-corrected chi connectivity index (χ2v) is 6.80. The van der Waals surface area contributed by atoms with Crippen molar-refractivity contribution in [3.63, 3.8) is 0 Å². The minimum Gasteiger partial charge on any atom is -0.394 e. The van der Waals surface area contributed by atoms with E-state index >= 15 is 0 Å². The van der Waals surface area contributed by atoms with E-state index in [-0.39, 0.29) is 6.42 Å². The van der Waals surface area contributed by atoms with Gasteiger partial charge in [-0.1, -0.05) is 6.08 Å². The van der Waals surface area contributed by atoms with Gasteiger partial charge in [0.05, 0.1) is 12.0 Å². The molecule has 0 amide bonds. The lowest BCUT2D eigenvalue weighted by molar-refractivity contribution is -0.205. The molecule has 1 saturated heterocycles. The van der Waals surface area contributed by atoms with Gasteiger partial charge in [-0.3, -0.25) is 4.55 Å². The quantitative estimate of drug-likeness (QED) is 0.120. The molecule has 6 N–H and O–H groups in total. The molecule has 10 nitrogen and oxygen atoms in total. The molecule has 0 aliphatic carbocycles. The average Bonchev–Trinajstić information content (AvgIpc) is 2.44. The molecule has 0 radical (unpaired) electrons. The Bertz CT molecular complexity index is 457. The summed E-state index contributed by atoms with van der Waals surface area (Å²) in [5.41, 5.74) is 0.958. The summed E-state index contributed by atoms with van der Waals surface area (Å²) in [6.45, 7) is 2.88. The molecule has 0 aromatic heterocycles. The van der Waals surface area contributed by atoms with Crippen molar-refractivity contribution in [2.75, 3.05) is 6.61 Å². The summed E-state index contributed by atoms with van der Waals surface area (Å²) in [5, 5.41) is 37.4. The van der Waals surface area contributed by atoms with Crippen LogP contribution < -0.4 is 5.48 Å². The molecule has 0 aromatic carbocycles. The minimum atomic E-state index is -4.72. The first-order valence-corrected chi connectivity index (χ1v) is 8.48. The van der Waals surface area contributed by atoms with Crippen molar-refractivity contribution in [1.29, 1.82) is 0 Å². The van der Waals surface area contributed by atoms with Crippen LogP contribution in [-0.4, -0.2) is 75.2 Å². The van der Waals surface area contributed by atoms with Gasteiger partial charge in [0.2, 0.25) is 0 Å². The molecule has 6 atom stereocenters. The fraction of sp³-hybridized carbons (Fsp3) is 0.800. The molecule has 0 aromatic rings.